The number of aliphatic hydroxyl groups excluding tert-OH is 1. The zero-order valence-electron chi connectivity index (χ0n) is 10.9. The minimum atomic E-state index is -1.26. The van der Waals surface area contributed by atoms with Crippen LogP contribution >= 0.6 is 17.6 Å². The van der Waals surface area contributed by atoms with Gasteiger partial charge >= 0.3 is 8.60 Å². The van der Waals surface area contributed by atoms with Crippen LogP contribution in [0, 0.1) is 10.8 Å². The van der Waals surface area contributed by atoms with E-state index in [1.165, 1.54) is 0 Å². The van der Waals surface area contributed by atoms with E-state index in [1.807, 2.05) is 13.8 Å². The normalized spacial score (nSPS) is 22.4. The van der Waals surface area contributed by atoms with Crippen molar-refractivity contribution in [1.82, 2.24) is 0 Å². The highest BCUT2D eigenvalue weighted by molar-refractivity contribution is 7.50. The van der Waals surface area contributed by atoms with Crippen molar-refractivity contribution in [2.75, 3.05) is 26.4 Å². The molecule has 1 atom stereocenters. The van der Waals surface area contributed by atoms with E-state index in [0.29, 0.717) is 19.8 Å². The average molecular weight is 284 g/mol. The van der Waals surface area contributed by atoms with Gasteiger partial charge in [0.1, 0.15) is 0 Å². The highest BCUT2D eigenvalue weighted by Crippen LogP contribution is 2.51. The lowest BCUT2D eigenvalue weighted by Crippen LogP contribution is -2.28. The zero-order valence-corrected chi connectivity index (χ0v) is 12.8. The molecule has 0 aliphatic carbocycles. The van der Waals surface area contributed by atoms with Gasteiger partial charge in [-0.1, -0.05) is 27.7 Å². The third-order valence-corrected chi connectivity index (χ3v) is 4.02. The second-order valence-corrected chi connectivity index (χ2v) is 7.87. The molecule has 0 bridgehead atoms. The molecule has 1 saturated heterocycles. The van der Waals surface area contributed by atoms with Crippen LogP contribution in [0.3, 0.4) is 0 Å². The molecule has 0 amide bonds. The standard InChI is InChI=1S/C10H22O5P2/c1-9(2,5-11)6-12-16-15-17-13-7-10(3,4)8-14-17/h11,16H,5-8H2,1-4H3. The lowest BCUT2D eigenvalue weighted by Gasteiger charge is -2.32. The minimum absolute atomic E-state index is 0.0606. The Morgan fingerprint density at radius 1 is 1.35 bits per heavy atom. The first-order chi connectivity index (χ1) is 7.85. The lowest BCUT2D eigenvalue weighted by atomic mass is 9.97. The topological polar surface area (TPSA) is 57.2 Å². The van der Waals surface area contributed by atoms with Gasteiger partial charge in [0.25, 0.3) is 0 Å². The van der Waals surface area contributed by atoms with Crippen molar-refractivity contribution < 1.29 is 23.0 Å². The monoisotopic (exact) mass is 284 g/mol. The summed E-state index contributed by atoms with van der Waals surface area (Å²) in [5.41, 5.74) is -0.176. The highest BCUT2D eigenvalue weighted by Gasteiger charge is 2.30. The molecule has 0 aromatic rings. The average Bonchev–Trinajstić information content (AvgIpc) is 2.26. The SMILES string of the molecule is CC(C)(CO)COPOP1OCC(C)(C)CO1. The second-order valence-electron chi connectivity index (χ2n) is 5.72. The maximum absolute atomic E-state index is 9.04. The summed E-state index contributed by atoms with van der Waals surface area (Å²) < 4.78 is 21.6. The Hall–Kier alpha value is 0.660. The van der Waals surface area contributed by atoms with Crippen LogP contribution < -0.4 is 0 Å². The maximum Gasteiger partial charge on any atom is 0.338 e. The van der Waals surface area contributed by atoms with Gasteiger partial charge in [-0.05, 0) is 0 Å². The molecule has 1 unspecified atom stereocenters. The van der Waals surface area contributed by atoms with Gasteiger partial charge in [0, 0.05) is 10.8 Å². The molecule has 0 aromatic heterocycles. The Bertz CT molecular complexity index is 225. The fourth-order valence-corrected chi connectivity index (χ4v) is 3.22. The van der Waals surface area contributed by atoms with E-state index in [4.69, 9.17) is 23.0 Å². The van der Waals surface area contributed by atoms with Crippen LogP contribution in [0.15, 0.2) is 0 Å². The Kier molecular flexibility index (Phi) is 6.21. The highest BCUT2D eigenvalue weighted by atomic mass is 31.2. The fraction of sp³-hybridized carbons (Fsp3) is 1.00. The van der Waals surface area contributed by atoms with E-state index in [0.717, 1.165) is 0 Å². The van der Waals surface area contributed by atoms with E-state index < -0.39 is 8.60 Å². The van der Waals surface area contributed by atoms with Crippen LogP contribution in [-0.2, 0) is 17.9 Å². The third-order valence-electron chi connectivity index (χ3n) is 2.18. The molecule has 1 fully saturated rings. The predicted octanol–water partition coefficient (Wildman–Crippen LogP) is 2.85. The molecule has 0 saturated carbocycles. The summed E-state index contributed by atoms with van der Waals surface area (Å²) in [4.78, 5) is 0. The zero-order chi connectivity index (χ0) is 12.9. The van der Waals surface area contributed by atoms with E-state index >= 15 is 0 Å². The van der Waals surface area contributed by atoms with Crippen LogP contribution in [0.5, 0.6) is 0 Å². The summed E-state index contributed by atoms with van der Waals surface area (Å²) in [7, 11) is -1.37. The predicted molar refractivity (Wildman–Crippen MR) is 68.8 cm³/mol. The van der Waals surface area contributed by atoms with Gasteiger partial charge in [-0.25, -0.2) is 0 Å². The first-order valence-electron chi connectivity index (χ1n) is 5.55. The van der Waals surface area contributed by atoms with Crippen LogP contribution in [-0.4, -0.2) is 31.5 Å². The van der Waals surface area contributed by atoms with Crippen LogP contribution in [0.1, 0.15) is 27.7 Å². The lowest BCUT2D eigenvalue weighted by molar-refractivity contribution is 0.0416. The molecule has 5 nitrogen and oxygen atoms in total. The van der Waals surface area contributed by atoms with Gasteiger partial charge in [-0.3, -0.25) is 4.31 Å². The van der Waals surface area contributed by atoms with Crippen LogP contribution in [0.25, 0.3) is 0 Å². The fourth-order valence-electron chi connectivity index (χ4n) is 0.914. The van der Waals surface area contributed by atoms with Gasteiger partial charge in [0.2, 0.25) is 0 Å². The Morgan fingerprint density at radius 3 is 2.47 bits per heavy atom. The largest absolute Gasteiger partial charge is 0.396 e. The molecule has 0 aromatic carbocycles. The summed E-state index contributed by atoms with van der Waals surface area (Å²) in [5, 5.41) is 9.04. The number of rotatable bonds is 6. The summed E-state index contributed by atoms with van der Waals surface area (Å²) in [6.45, 7) is 9.86. The van der Waals surface area contributed by atoms with Gasteiger partial charge < -0.3 is 18.7 Å². The summed E-state index contributed by atoms with van der Waals surface area (Å²) in [6.07, 6.45) is 0. The van der Waals surface area contributed by atoms with E-state index in [1.54, 1.807) is 0 Å². The van der Waals surface area contributed by atoms with Crippen molar-refractivity contribution in [3.8, 4) is 0 Å². The summed E-state index contributed by atoms with van der Waals surface area (Å²) >= 11 is 0. The molecular weight excluding hydrogens is 262 g/mol. The van der Waals surface area contributed by atoms with Gasteiger partial charge in [0.05, 0.1) is 26.4 Å². The van der Waals surface area contributed by atoms with Gasteiger partial charge in [0.15, 0.2) is 9.03 Å². The first-order valence-corrected chi connectivity index (χ1v) is 7.46. The minimum Gasteiger partial charge on any atom is -0.396 e. The van der Waals surface area contributed by atoms with Crippen molar-refractivity contribution in [2.24, 2.45) is 10.8 Å². The van der Waals surface area contributed by atoms with Crippen molar-refractivity contribution >= 4 is 17.6 Å². The van der Waals surface area contributed by atoms with Crippen molar-refractivity contribution in [2.45, 2.75) is 27.7 Å². The molecule has 1 heterocycles. The molecule has 1 rings (SSSR count). The first kappa shape index (κ1) is 15.7. The molecule has 1 aliphatic rings. The van der Waals surface area contributed by atoms with Crippen molar-refractivity contribution in [1.29, 1.82) is 0 Å². The van der Waals surface area contributed by atoms with Crippen molar-refractivity contribution in [3.63, 3.8) is 0 Å². The molecule has 0 radical (unpaired) electrons. The van der Waals surface area contributed by atoms with Crippen LogP contribution in [0.4, 0.5) is 0 Å². The molecule has 1 N–H and O–H groups in total. The molecule has 7 heteroatoms. The van der Waals surface area contributed by atoms with Gasteiger partial charge in [-0.15, -0.1) is 0 Å². The quantitative estimate of drug-likeness (QED) is 0.600. The number of hydrogen-bond donors (Lipinski definition) is 1. The third kappa shape index (κ3) is 6.40. The maximum atomic E-state index is 9.04. The molecule has 17 heavy (non-hydrogen) atoms. The number of hydrogen-bond acceptors (Lipinski definition) is 5. The van der Waals surface area contributed by atoms with E-state index in [9.17, 15) is 0 Å². The van der Waals surface area contributed by atoms with Crippen molar-refractivity contribution in [3.05, 3.63) is 0 Å². The van der Waals surface area contributed by atoms with E-state index in [2.05, 4.69) is 13.8 Å². The molecule has 102 valence electrons. The van der Waals surface area contributed by atoms with Crippen LogP contribution in [0.2, 0.25) is 0 Å². The molecule has 0 spiro atoms. The number of aliphatic hydroxyl groups is 1. The van der Waals surface area contributed by atoms with E-state index in [-0.39, 0.29) is 26.5 Å². The Morgan fingerprint density at radius 2 is 1.94 bits per heavy atom. The molecular formula is C10H22O5P2. The Balaban J connectivity index is 2.08. The molecule has 1 aliphatic heterocycles. The summed E-state index contributed by atoms with van der Waals surface area (Å²) in [5.74, 6) is 0. The second kappa shape index (κ2) is 6.72. The Labute approximate surface area is 106 Å². The summed E-state index contributed by atoms with van der Waals surface area (Å²) in [6, 6.07) is 0. The van der Waals surface area contributed by atoms with Gasteiger partial charge in [-0.2, -0.15) is 0 Å². The smallest absolute Gasteiger partial charge is 0.338 e.